The maximum Gasteiger partial charge on any atom is 0.485 e. The average Bonchev–Trinajstić information content (AvgIpc) is 2.87. The van der Waals surface area contributed by atoms with E-state index in [1.807, 2.05) is 4.57 Å². The number of hydrogen-bond donors (Lipinski definition) is 0. The largest absolute Gasteiger partial charge is 0.741 e. The van der Waals surface area contributed by atoms with Gasteiger partial charge in [0.15, 0.2) is 21.8 Å². The number of nitrogens with zero attached hydrogens (tertiary/aromatic N) is 1. The van der Waals surface area contributed by atoms with Crippen LogP contribution in [0, 0.1) is 17.5 Å². The molecule has 8 nitrogen and oxygen atoms in total. The number of carbonyl (C=O) groups excluding carboxylic acids is 1. The predicted molar refractivity (Wildman–Crippen MR) is 123 cm³/mol. The van der Waals surface area contributed by atoms with Crippen LogP contribution < -0.4 is 18.8 Å². The van der Waals surface area contributed by atoms with Crippen LogP contribution in [0.2, 0.25) is 0 Å². The molecule has 0 aliphatic carbocycles. The van der Waals surface area contributed by atoms with Gasteiger partial charge in [0.05, 0.1) is 31.2 Å². The summed E-state index contributed by atoms with van der Waals surface area (Å²) in [7, 11) is -1.35. The highest BCUT2D eigenvalue weighted by atomic mass is 32.2. The zero-order valence-electron chi connectivity index (χ0n) is 20.1. The van der Waals surface area contributed by atoms with Crippen LogP contribution in [0.1, 0.15) is 10.4 Å². The number of esters is 1. The van der Waals surface area contributed by atoms with E-state index in [0.29, 0.717) is 45.4 Å². The van der Waals surface area contributed by atoms with Gasteiger partial charge >= 0.3 is 11.5 Å². The lowest BCUT2D eigenvalue weighted by Gasteiger charge is -2.13. The molecular formula is C24H17F6NO7S. The lowest BCUT2D eigenvalue weighted by molar-refractivity contribution is -0.617. The Balaban J connectivity index is 0.000000459. The summed E-state index contributed by atoms with van der Waals surface area (Å²) >= 11 is 0. The lowest BCUT2D eigenvalue weighted by Crippen LogP contribution is -2.31. The number of carbonyl (C=O) groups is 1. The molecule has 0 amide bonds. The van der Waals surface area contributed by atoms with Crippen molar-refractivity contribution in [2.45, 2.75) is 5.51 Å². The van der Waals surface area contributed by atoms with Gasteiger partial charge in [0.1, 0.15) is 23.9 Å². The standard InChI is InChI=1S/C23H17F3NO4.CHF3O3S/c1-27-16-5-4-6-18(30-3)20(16)19(13-8-7-12(29-2)11-17(13)27)23(28)31-22-15(25)10-9-14(24)21(22)26;2-1(3,4)8(5,6)7/h4-11H,1-3H3;(H,5,6,7)/q+1;/p-1. The number of aromatic nitrogens is 1. The van der Waals surface area contributed by atoms with Crippen LogP contribution in [-0.2, 0) is 17.2 Å². The Morgan fingerprint density at radius 2 is 1.54 bits per heavy atom. The van der Waals surface area contributed by atoms with E-state index in [4.69, 9.17) is 27.2 Å². The fraction of sp³-hybridized carbons (Fsp3) is 0.167. The topological polar surface area (TPSA) is 106 Å². The number of rotatable bonds is 4. The van der Waals surface area contributed by atoms with Gasteiger partial charge in [0.2, 0.25) is 22.6 Å². The van der Waals surface area contributed by atoms with Crippen LogP contribution >= 0.6 is 0 Å². The van der Waals surface area contributed by atoms with E-state index in [1.54, 1.807) is 43.4 Å². The number of alkyl halides is 3. The smallest absolute Gasteiger partial charge is 0.485 e. The molecular weight excluding hydrogens is 560 g/mol. The molecule has 4 aromatic rings. The van der Waals surface area contributed by atoms with Crippen molar-refractivity contribution in [3.05, 3.63) is 71.5 Å². The first-order valence-corrected chi connectivity index (χ1v) is 11.9. The fourth-order valence-electron chi connectivity index (χ4n) is 3.57. The summed E-state index contributed by atoms with van der Waals surface area (Å²) in [5.41, 5.74) is -4.42. The second-order valence-electron chi connectivity index (χ2n) is 7.63. The second kappa shape index (κ2) is 10.9. The Morgan fingerprint density at radius 1 is 0.923 bits per heavy atom. The third-order valence-electron chi connectivity index (χ3n) is 5.36. The Labute approximate surface area is 216 Å². The minimum absolute atomic E-state index is 0.0197. The zero-order chi connectivity index (χ0) is 29.3. The van der Waals surface area contributed by atoms with Crippen molar-refractivity contribution in [2.24, 2.45) is 7.05 Å². The molecule has 39 heavy (non-hydrogen) atoms. The van der Waals surface area contributed by atoms with Crippen molar-refractivity contribution < 1.29 is 62.9 Å². The van der Waals surface area contributed by atoms with E-state index < -0.39 is 44.8 Å². The molecule has 3 aromatic carbocycles. The Hall–Kier alpha value is -4.11. The van der Waals surface area contributed by atoms with E-state index in [0.717, 1.165) is 0 Å². The van der Waals surface area contributed by atoms with Gasteiger partial charge in [-0.1, -0.05) is 6.07 Å². The van der Waals surface area contributed by atoms with Crippen molar-refractivity contribution in [1.82, 2.24) is 0 Å². The van der Waals surface area contributed by atoms with Crippen molar-refractivity contribution in [1.29, 1.82) is 0 Å². The molecule has 0 spiro atoms. The number of methoxy groups -OCH3 is 2. The summed E-state index contributed by atoms with van der Waals surface area (Å²) in [6.45, 7) is 0. The van der Waals surface area contributed by atoms with Gasteiger partial charge in [0.25, 0.3) is 0 Å². The van der Waals surface area contributed by atoms with E-state index in [2.05, 4.69) is 0 Å². The second-order valence-corrected chi connectivity index (χ2v) is 9.00. The Bertz CT molecular complexity index is 1690. The first kappa shape index (κ1) is 29.4. The molecule has 0 fully saturated rings. The van der Waals surface area contributed by atoms with Crippen LogP contribution in [0.3, 0.4) is 0 Å². The number of fused-ring (bicyclic) bond motifs is 2. The predicted octanol–water partition coefficient (Wildman–Crippen LogP) is 4.52. The highest BCUT2D eigenvalue weighted by Crippen LogP contribution is 2.34. The van der Waals surface area contributed by atoms with Gasteiger partial charge < -0.3 is 18.8 Å². The van der Waals surface area contributed by atoms with E-state index in [9.17, 15) is 31.1 Å². The molecule has 0 bridgehead atoms. The lowest BCUT2D eigenvalue weighted by atomic mass is 10.0. The minimum atomic E-state index is -6.09. The van der Waals surface area contributed by atoms with Gasteiger partial charge in [-0.15, -0.1) is 0 Å². The van der Waals surface area contributed by atoms with E-state index >= 15 is 0 Å². The van der Waals surface area contributed by atoms with Crippen LogP contribution in [0.4, 0.5) is 26.3 Å². The van der Waals surface area contributed by atoms with Crippen LogP contribution in [0.25, 0.3) is 21.8 Å². The van der Waals surface area contributed by atoms with Gasteiger partial charge in [-0.2, -0.15) is 22.1 Å². The summed E-state index contributed by atoms with van der Waals surface area (Å²) in [6, 6.07) is 11.5. The van der Waals surface area contributed by atoms with E-state index in [-0.39, 0.29) is 5.56 Å². The molecule has 208 valence electrons. The molecule has 4 rings (SSSR count). The Kier molecular flexibility index (Phi) is 8.26. The number of aryl methyl sites for hydroxylation is 1. The third kappa shape index (κ3) is 5.83. The monoisotopic (exact) mass is 577 g/mol. The summed E-state index contributed by atoms with van der Waals surface area (Å²) in [4.78, 5) is 13.2. The van der Waals surface area contributed by atoms with Crippen molar-refractivity contribution in [3.8, 4) is 17.2 Å². The summed E-state index contributed by atoms with van der Waals surface area (Å²) < 4.78 is 118. The average molecular weight is 577 g/mol. The molecule has 1 aromatic heterocycles. The highest BCUT2D eigenvalue weighted by molar-refractivity contribution is 7.86. The summed E-state index contributed by atoms with van der Waals surface area (Å²) in [5.74, 6) is -5.38. The summed E-state index contributed by atoms with van der Waals surface area (Å²) in [6.07, 6.45) is 0. The molecule has 0 unspecified atom stereocenters. The SMILES string of the molecule is COc1ccc2c(C(=O)Oc3c(F)ccc(F)c3F)c3c(OC)cccc3[n+](C)c2c1.O=S(=O)([O-])C(F)(F)F. The molecule has 0 aliphatic heterocycles. The maximum absolute atomic E-state index is 14.1. The number of hydrogen-bond acceptors (Lipinski definition) is 7. The number of benzene rings is 3. The Morgan fingerprint density at radius 3 is 2.10 bits per heavy atom. The molecule has 15 heteroatoms. The number of pyridine rings is 1. The van der Waals surface area contributed by atoms with Crippen LogP contribution in [0.5, 0.6) is 17.2 Å². The van der Waals surface area contributed by atoms with Gasteiger partial charge in [-0.3, -0.25) is 0 Å². The van der Waals surface area contributed by atoms with Gasteiger partial charge in [-0.25, -0.2) is 22.0 Å². The highest BCUT2D eigenvalue weighted by Gasteiger charge is 2.37. The molecule has 1 heterocycles. The molecule has 0 aliphatic rings. The normalized spacial score (nSPS) is 11.6. The minimum Gasteiger partial charge on any atom is -0.741 e. The zero-order valence-corrected chi connectivity index (χ0v) is 20.9. The number of ether oxygens (including phenoxy) is 3. The van der Waals surface area contributed by atoms with Crippen molar-refractivity contribution in [3.63, 3.8) is 0 Å². The number of halogens is 6. The first-order valence-electron chi connectivity index (χ1n) is 10.5. The van der Waals surface area contributed by atoms with Crippen LogP contribution in [0.15, 0.2) is 48.5 Å². The van der Waals surface area contributed by atoms with Crippen molar-refractivity contribution in [2.75, 3.05) is 14.2 Å². The van der Waals surface area contributed by atoms with Crippen molar-refractivity contribution >= 4 is 37.9 Å². The fourth-order valence-corrected chi connectivity index (χ4v) is 3.57. The van der Waals surface area contributed by atoms with E-state index in [1.165, 1.54) is 14.2 Å². The van der Waals surface area contributed by atoms with Crippen LogP contribution in [-0.4, -0.2) is 38.7 Å². The molecule has 0 N–H and O–H groups in total. The van der Waals surface area contributed by atoms with Gasteiger partial charge in [-0.05, 0) is 30.3 Å². The quantitative estimate of drug-likeness (QED) is 0.0513. The molecule has 0 saturated heterocycles. The third-order valence-corrected chi connectivity index (χ3v) is 5.92. The maximum atomic E-state index is 14.1. The molecule has 0 atom stereocenters. The molecule has 0 radical (unpaired) electrons. The van der Waals surface area contributed by atoms with Gasteiger partial charge in [0, 0.05) is 6.07 Å². The first-order chi connectivity index (χ1) is 18.1. The molecule has 0 saturated carbocycles. The summed E-state index contributed by atoms with van der Waals surface area (Å²) in [5, 5.41) is 0.815.